The number of ether oxygens (including phenoxy) is 2. The Morgan fingerprint density at radius 1 is 1.15 bits per heavy atom. The molecule has 5 rings (SSSR count). The monoisotopic (exact) mass is 567 g/mol. The van der Waals surface area contributed by atoms with Gasteiger partial charge in [-0.05, 0) is 51.7 Å². The summed E-state index contributed by atoms with van der Waals surface area (Å²) < 4.78 is 27.3. The third kappa shape index (κ3) is 6.52. The van der Waals surface area contributed by atoms with Crippen LogP contribution in [0.15, 0.2) is 36.8 Å². The van der Waals surface area contributed by atoms with Crippen molar-refractivity contribution in [2.45, 2.75) is 70.7 Å². The van der Waals surface area contributed by atoms with E-state index < -0.39 is 30.1 Å². The second kappa shape index (κ2) is 11.1. The summed E-state index contributed by atoms with van der Waals surface area (Å²) in [6, 6.07) is 5.93. The largest absolute Gasteiger partial charge is 0.446 e. The predicted molar refractivity (Wildman–Crippen MR) is 152 cm³/mol. The molecule has 0 radical (unpaired) electrons. The van der Waals surface area contributed by atoms with E-state index in [0.29, 0.717) is 25.9 Å². The van der Waals surface area contributed by atoms with Gasteiger partial charge in [0.25, 0.3) is 0 Å². The van der Waals surface area contributed by atoms with Crippen LogP contribution in [0, 0.1) is 0 Å². The van der Waals surface area contributed by atoms with Gasteiger partial charge in [-0.25, -0.2) is 19.0 Å². The molecule has 2 amide bonds. The number of rotatable bonds is 6. The van der Waals surface area contributed by atoms with E-state index in [-0.39, 0.29) is 25.0 Å². The van der Waals surface area contributed by atoms with Crippen LogP contribution in [0.1, 0.15) is 58.9 Å². The van der Waals surface area contributed by atoms with Gasteiger partial charge >= 0.3 is 12.2 Å². The van der Waals surface area contributed by atoms with Crippen molar-refractivity contribution < 1.29 is 23.5 Å². The Labute approximate surface area is 239 Å². The van der Waals surface area contributed by atoms with Crippen LogP contribution in [-0.4, -0.2) is 91.7 Å². The van der Waals surface area contributed by atoms with E-state index in [1.165, 1.54) is 4.90 Å². The van der Waals surface area contributed by atoms with Gasteiger partial charge in [0, 0.05) is 48.7 Å². The lowest BCUT2D eigenvalue weighted by molar-refractivity contribution is -0.0784. The first-order chi connectivity index (χ1) is 19.4. The van der Waals surface area contributed by atoms with E-state index in [1.54, 1.807) is 38.1 Å². The molecule has 12 heteroatoms. The molecule has 2 aliphatic rings. The number of amides is 2. The lowest BCUT2D eigenvalue weighted by Crippen LogP contribution is -2.64. The number of pyridine rings is 1. The zero-order valence-corrected chi connectivity index (χ0v) is 24.3. The Morgan fingerprint density at radius 3 is 2.51 bits per heavy atom. The Morgan fingerprint density at radius 2 is 1.88 bits per heavy atom. The molecule has 11 nitrogen and oxygen atoms in total. The zero-order chi connectivity index (χ0) is 29.4. The standard InChI is InChI=1S/C29H38FN7O4/c1-19(2)22-15-32-37-24(13-23(34-25(22)37)20-7-6-10-31-14-20)33-21-8-11-35(12-9-21)26(38)40-18-29(30)16-36(17-29)27(39)41-28(3,4)5/h6-7,10,13-15,19,21,33H,8-9,11-12,16-18H2,1-5H3. The summed E-state index contributed by atoms with van der Waals surface area (Å²) in [5, 5.41) is 8.21. The van der Waals surface area contributed by atoms with Crippen molar-refractivity contribution in [2.75, 3.05) is 38.1 Å². The number of alkyl halides is 1. The van der Waals surface area contributed by atoms with Gasteiger partial charge in [0.05, 0.1) is 25.0 Å². The number of halogens is 1. The highest BCUT2D eigenvalue weighted by Crippen LogP contribution is 2.29. The Kier molecular flexibility index (Phi) is 7.76. The molecule has 3 aromatic rings. The second-order valence-corrected chi connectivity index (χ2v) is 12.2. The average Bonchev–Trinajstić information content (AvgIpc) is 3.35. The number of carbonyl (C=O) groups excluding carboxylic acids is 2. The number of piperidine rings is 1. The molecule has 220 valence electrons. The van der Waals surface area contributed by atoms with Gasteiger partial charge < -0.3 is 24.6 Å². The summed E-state index contributed by atoms with van der Waals surface area (Å²) in [6.07, 6.45) is 5.64. The average molecular weight is 568 g/mol. The number of anilines is 1. The van der Waals surface area contributed by atoms with Crippen LogP contribution in [0.5, 0.6) is 0 Å². The van der Waals surface area contributed by atoms with Crippen LogP contribution >= 0.6 is 0 Å². The van der Waals surface area contributed by atoms with Gasteiger partial charge in [-0.2, -0.15) is 9.61 Å². The summed E-state index contributed by atoms with van der Waals surface area (Å²) in [6.45, 7) is 9.73. The molecule has 3 aromatic heterocycles. The molecule has 0 aromatic carbocycles. The molecule has 0 saturated carbocycles. The molecule has 1 N–H and O–H groups in total. The Bertz CT molecular complexity index is 1390. The highest BCUT2D eigenvalue weighted by molar-refractivity contribution is 5.70. The highest BCUT2D eigenvalue weighted by Gasteiger charge is 2.48. The van der Waals surface area contributed by atoms with E-state index in [2.05, 4.69) is 29.2 Å². The molecule has 2 saturated heterocycles. The van der Waals surface area contributed by atoms with Crippen LogP contribution in [0.3, 0.4) is 0 Å². The number of nitrogens with one attached hydrogen (secondary N) is 1. The number of hydrogen-bond donors (Lipinski definition) is 1. The smallest absolute Gasteiger partial charge is 0.410 e. The number of carbonyl (C=O) groups is 2. The van der Waals surface area contributed by atoms with Gasteiger partial charge in [0.2, 0.25) is 0 Å². The topological polar surface area (TPSA) is 114 Å². The molecule has 41 heavy (non-hydrogen) atoms. The van der Waals surface area contributed by atoms with Crippen LogP contribution < -0.4 is 5.32 Å². The van der Waals surface area contributed by atoms with Crippen molar-refractivity contribution in [2.24, 2.45) is 0 Å². The predicted octanol–water partition coefficient (Wildman–Crippen LogP) is 4.89. The van der Waals surface area contributed by atoms with Gasteiger partial charge in [0.1, 0.15) is 18.0 Å². The first kappa shape index (κ1) is 28.6. The molecule has 2 aliphatic heterocycles. The van der Waals surface area contributed by atoms with Crippen LogP contribution in [-0.2, 0) is 9.47 Å². The zero-order valence-electron chi connectivity index (χ0n) is 24.3. The molecule has 0 aliphatic carbocycles. The minimum Gasteiger partial charge on any atom is -0.446 e. The summed E-state index contributed by atoms with van der Waals surface area (Å²) in [5.41, 5.74) is 1.16. The quantitative estimate of drug-likeness (QED) is 0.448. The fourth-order valence-corrected chi connectivity index (χ4v) is 5.03. The molecular formula is C29H38FN7O4. The number of fused-ring (bicyclic) bond motifs is 1. The molecular weight excluding hydrogens is 529 g/mol. The van der Waals surface area contributed by atoms with Crippen molar-refractivity contribution in [3.8, 4) is 11.3 Å². The molecule has 0 bridgehead atoms. The SMILES string of the molecule is CC(C)c1cnn2c(NC3CCN(C(=O)OCC4(F)CN(C(=O)OC(C)(C)C)C4)CC3)cc(-c3cccnc3)nc12. The number of aromatic nitrogens is 4. The molecule has 2 fully saturated rings. The molecule has 0 spiro atoms. The van der Waals surface area contributed by atoms with E-state index in [0.717, 1.165) is 28.3 Å². The maximum atomic E-state index is 14.9. The van der Waals surface area contributed by atoms with E-state index in [1.807, 2.05) is 28.9 Å². The summed E-state index contributed by atoms with van der Waals surface area (Å²) in [7, 11) is 0. The number of nitrogens with zero attached hydrogens (tertiary/aromatic N) is 6. The highest BCUT2D eigenvalue weighted by atomic mass is 19.1. The van der Waals surface area contributed by atoms with Crippen molar-refractivity contribution in [1.29, 1.82) is 0 Å². The summed E-state index contributed by atoms with van der Waals surface area (Å²) >= 11 is 0. The first-order valence-electron chi connectivity index (χ1n) is 14.0. The minimum atomic E-state index is -1.76. The normalized spacial score (nSPS) is 17.4. The van der Waals surface area contributed by atoms with Gasteiger partial charge in [-0.3, -0.25) is 4.98 Å². The van der Waals surface area contributed by atoms with Crippen molar-refractivity contribution in [1.82, 2.24) is 29.4 Å². The lowest BCUT2D eigenvalue weighted by atomic mass is 9.98. The Hall–Kier alpha value is -3.96. The maximum absolute atomic E-state index is 14.9. The number of hydrogen-bond acceptors (Lipinski definition) is 8. The fraction of sp³-hybridized carbons (Fsp3) is 0.552. The molecule has 0 atom stereocenters. The van der Waals surface area contributed by atoms with Crippen molar-refractivity contribution in [3.63, 3.8) is 0 Å². The van der Waals surface area contributed by atoms with Crippen LogP contribution in [0.25, 0.3) is 16.9 Å². The van der Waals surface area contributed by atoms with E-state index >= 15 is 0 Å². The molecule has 5 heterocycles. The fourth-order valence-electron chi connectivity index (χ4n) is 5.03. The minimum absolute atomic E-state index is 0.0969. The molecule has 0 unspecified atom stereocenters. The third-order valence-electron chi connectivity index (χ3n) is 7.24. The van der Waals surface area contributed by atoms with Crippen LogP contribution in [0.2, 0.25) is 0 Å². The van der Waals surface area contributed by atoms with Gasteiger partial charge in [-0.1, -0.05) is 13.8 Å². The van der Waals surface area contributed by atoms with Crippen molar-refractivity contribution >= 4 is 23.7 Å². The van der Waals surface area contributed by atoms with Gasteiger partial charge in [0.15, 0.2) is 11.3 Å². The van der Waals surface area contributed by atoms with Gasteiger partial charge in [-0.15, -0.1) is 0 Å². The third-order valence-corrected chi connectivity index (χ3v) is 7.24. The lowest BCUT2D eigenvalue weighted by Gasteiger charge is -2.44. The van der Waals surface area contributed by atoms with E-state index in [9.17, 15) is 14.0 Å². The second-order valence-electron chi connectivity index (χ2n) is 12.2. The number of likely N-dealkylation sites (tertiary alicyclic amines) is 2. The van der Waals surface area contributed by atoms with Crippen LogP contribution in [0.4, 0.5) is 19.8 Å². The Balaban J connectivity index is 1.17. The first-order valence-corrected chi connectivity index (χ1v) is 14.0. The van der Waals surface area contributed by atoms with E-state index in [4.69, 9.17) is 14.5 Å². The summed E-state index contributed by atoms with van der Waals surface area (Å²) in [5.74, 6) is 1.08. The summed E-state index contributed by atoms with van der Waals surface area (Å²) in [4.78, 5) is 36.8. The van der Waals surface area contributed by atoms with Crippen molar-refractivity contribution in [3.05, 3.63) is 42.4 Å². The maximum Gasteiger partial charge on any atom is 0.410 e.